The Morgan fingerprint density at radius 3 is 2.43 bits per heavy atom. The zero-order valence-electron chi connectivity index (χ0n) is 10.2. The van der Waals surface area contributed by atoms with Crippen molar-refractivity contribution >= 4 is 0 Å². The Hall–Kier alpha value is -0.0400. The molecule has 1 rings (SSSR count). The van der Waals surface area contributed by atoms with E-state index in [0.29, 0.717) is 17.8 Å². The average molecular weight is 198 g/mol. The first-order valence-corrected chi connectivity index (χ1v) is 6.27. The minimum Gasteiger partial charge on any atom is -0.390 e. The molecule has 0 spiro atoms. The second-order valence-electron chi connectivity index (χ2n) is 5.27. The van der Waals surface area contributed by atoms with Gasteiger partial charge >= 0.3 is 0 Å². The van der Waals surface area contributed by atoms with E-state index < -0.39 is 0 Å². The summed E-state index contributed by atoms with van der Waals surface area (Å²) in [5.74, 6) is 1.97. The third kappa shape index (κ3) is 2.13. The summed E-state index contributed by atoms with van der Waals surface area (Å²) < 4.78 is 0. The van der Waals surface area contributed by atoms with Crippen LogP contribution < -0.4 is 0 Å². The monoisotopic (exact) mass is 198 g/mol. The molecule has 3 atom stereocenters. The van der Waals surface area contributed by atoms with Crippen LogP contribution >= 0.6 is 0 Å². The van der Waals surface area contributed by atoms with E-state index in [0.717, 1.165) is 12.8 Å². The molecule has 1 nitrogen and oxygen atoms in total. The SMILES string of the molecule is CCC(C(C)C)C1CCCC1(O)CC. The highest BCUT2D eigenvalue weighted by Crippen LogP contribution is 2.45. The Bertz CT molecular complexity index is 176. The molecule has 0 saturated heterocycles. The molecule has 0 aromatic heterocycles. The molecule has 0 amide bonds. The van der Waals surface area contributed by atoms with Crippen LogP contribution in [-0.2, 0) is 0 Å². The summed E-state index contributed by atoms with van der Waals surface area (Å²) in [7, 11) is 0. The Balaban J connectivity index is 2.74. The normalized spacial score (nSPS) is 35.1. The molecule has 1 saturated carbocycles. The number of hydrogen-bond acceptors (Lipinski definition) is 1. The summed E-state index contributed by atoms with van der Waals surface area (Å²) in [6, 6.07) is 0. The molecule has 84 valence electrons. The van der Waals surface area contributed by atoms with Crippen molar-refractivity contribution in [3.63, 3.8) is 0 Å². The zero-order valence-corrected chi connectivity index (χ0v) is 10.2. The Morgan fingerprint density at radius 1 is 1.36 bits per heavy atom. The van der Waals surface area contributed by atoms with Crippen LogP contribution in [0.1, 0.15) is 59.8 Å². The predicted molar refractivity (Wildman–Crippen MR) is 61.2 cm³/mol. The van der Waals surface area contributed by atoms with Gasteiger partial charge in [-0.1, -0.05) is 40.5 Å². The molecule has 1 aliphatic rings. The third-order valence-corrected chi connectivity index (χ3v) is 4.27. The van der Waals surface area contributed by atoms with Gasteiger partial charge < -0.3 is 5.11 Å². The summed E-state index contributed by atoms with van der Waals surface area (Å²) in [5, 5.41) is 10.5. The lowest BCUT2D eigenvalue weighted by molar-refractivity contribution is -0.0336. The van der Waals surface area contributed by atoms with Crippen molar-refractivity contribution in [2.24, 2.45) is 17.8 Å². The summed E-state index contributed by atoms with van der Waals surface area (Å²) in [5.41, 5.74) is -0.342. The van der Waals surface area contributed by atoms with Crippen molar-refractivity contribution in [2.45, 2.75) is 65.4 Å². The highest BCUT2D eigenvalue weighted by molar-refractivity contribution is 4.94. The standard InChI is InChI=1S/C13H26O/c1-5-11(10(3)4)12-8-7-9-13(12,14)6-2/h10-12,14H,5-9H2,1-4H3. The Kier molecular flexibility index (Phi) is 4.00. The summed E-state index contributed by atoms with van der Waals surface area (Å²) in [6.07, 6.45) is 5.63. The van der Waals surface area contributed by atoms with E-state index in [-0.39, 0.29) is 5.60 Å². The molecule has 0 radical (unpaired) electrons. The van der Waals surface area contributed by atoms with Crippen LogP contribution in [0.5, 0.6) is 0 Å². The van der Waals surface area contributed by atoms with Crippen LogP contribution in [0.15, 0.2) is 0 Å². The van der Waals surface area contributed by atoms with E-state index >= 15 is 0 Å². The van der Waals surface area contributed by atoms with Crippen molar-refractivity contribution in [1.82, 2.24) is 0 Å². The molecular weight excluding hydrogens is 172 g/mol. The highest BCUT2D eigenvalue weighted by atomic mass is 16.3. The molecule has 0 aromatic carbocycles. The van der Waals surface area contributed by atoms with E-state index in [4.69, 9.17) is 0 Å². The Morgan fingerprint density at radius 2 is 2.00 bits per heavy atom. The van der Waals surface area contributed by atoms with Gasteiger partial charge in [0.15, 0.2) is 0 Å². The maximum Gasteiger partial charge on any atom is 0.0676 e. The second-order valence-corrected chi connectivity index (χ2v) is 5.27. The number of aliphatic hydroxyl groups is 1. The van der Waals surface area contributed by atoms with Gasteiger partial charge in [-0.3, -0.25) is 0 Å². The molecule has 0 heterocycles. The van der Waals surface area contributed by atoms with Crippen LogP contribution in [0.4, 0.5) is 0 Å². The molecule has 1 heteroatoms. The van der Waals surface area contributed by atoms with Crippen molar-refractivity contribution in [2.75, 3.05) is 0 Å². The van der Waals surface area contributed by atoms with E-state index in [1.54, 1.807) is 0 Å². The van der Waals surface area contributed by atoms with E-state index in [1.165, 1.54) is 19.3 Å². The molecule has 14 heavy (non-hydrogen) atoms. The molecule has 1 N–H and O–H groups in total. The van der Waals surface area contributed by atoms with Gasteiger partial charge in [-0.2, -0.15) is 0 Å². The van der Waals surface area contributed by atoms with E-state index in [2.05, 4.69) is 27.7 Å². The number of rotatable bonds is 4. The maximum atomic E-state index is 10.5. The molecular formula is C13H26O. The lowest BCUT2D eigenvalue weighted by Crippen LogP contribution is -2.38. The zero-order chi connectivity index (χ0) is 10.8. The van der Waals surface area contributed by atoms with Gasteiger partial charge in [-0.15, -0.1) is 0 Å². The fraction of sp³-hybridized carbons (Fsp3) is 1.00. The van der Waals surface area contributed by atoms with Crippen molar-refractivity contribution in [1.29, 1.82) is 0 Å². The lowest BCUT2D eigenvalue weighted by Gasteiger charge is -2.36. The maximum absolute atomic E-state index is 10.5. The molecule has 1 fully saturated rings. The topological polar surface area (TPSA) is 20.2 Å². The average Bonchev–Trinajstić information content (AvgIpc) is 2.50. The molecule has 0 aliphatic heterocycles. The molecule has 0 aromatic rings. The van der Waals surface area contributed by atoms with Gasteiger partial charge in [0.2, 0.25) is 0 Å². The summed E-state index contributed by atoms with van der Waals surface area (Å²) in [6.45, 7) is 8.98. The van der Waals surface area contributed by atoms with Gasteiger partial charge in [0.1, 0.15) is 0 Å². The predicted octanol–water partition coefficient (Wildman–Crippen LogP) is 3.61. The van der Waals surface area contributed by atoms with Crippen LogP contribution in [0.25, 0.3) is 0 Å². The smallest absolute Gasteiger partial charge is 0.0676 e. The van der Waals surface area contributed by atoms with Gasteiger partial charge in [0, 0.05) is 0 Å². The summed E-state index contributed by atoms with van der Waals surface area (Å²) >= 11 is 0. The van der Waals surface area contributed by atoms with Gasteiger partial charge in [0.25, 0.3) is 0 Å². The van der Waals surface area contributed by atoms with Crippen molar-refractivity contribution in [3.8, 4) is 0 Å². The first-order chi connectivity index (χ1) is 6.55. The van der Waals surface area contributed by atoms with Crippen molar-refractivity contribution in [3.05, 3.63) is 0 Å². The largest absolute Gasteiger partial charge is 0.390 e. The molecule has 0 bridgehead atoms. The van der Waals surface area contributed by atoms with Crippen LogP contribution in [-0.4, -0.2) is 10.7 Å². The minimum absolute atomic E-state index is 0.342. The Labute approximate surface area is 88.9 Å². The van der Waals surface area contributed by atoms with Gasteiger partial charge in [-0.25, -0.2) is 0 Å². The number of hydrogen-bond donors (Lipinski definition) is 1. The van der Waals surface area contributed by atoms with Crippen LogP contribution in [0.2, 0.25) is 0 Å². The lowest BCUT2D eigenvalue weighted by atomic mass is 9.73. The fourth-order valence-electron chi connectivity index (χ4n) is 3.35. The van der Waals surface area contributed by atoms with E-state index in [9.17, 15) is 5.11 Å². The fourth-order valence-corrected chi connectivity index (χ4v) is 3.35. The molecule has 3 unspecified atom stereocenters. The summed E-state index contributed by atoms with van der Waals surface area (Å²) in [4.78, 5) is 0. The van der Waals surface area contributed by atoms with Crippen LogP contribution in [0.3, 0.4) is 0 Å². The third-order valence-electron chi connectivity index (χ3n) is 4.27. The highest BCUT2D eigenvalue weighted by Gasteiger charge is 2.43. The van der Waals surface area contributed by atoms with Crippen molar-refractivity contribution < 1.29 is 5.11 Å². The van der Waals surface area contributed by atoms with Gasteiger partial charge in [0.05, 0.1) is 5.60 Å². The van der Waals surface area contributed by atoms with Gasteiger partial charge in [-0.05, 0) is 37.0 Å². The van der Waals surface area contributed by atoms with Crippen LogP contribution in [0, 0.1) is 17.8 Å². The minimum atomic E-state index is -0.342. The first kappa shape index (κ1) is 12.0. The molecule has 1 aliphatic carbocycles. The first-order valence-electron chi connectivity index (χ1n) is 6.27. The van der Waals surface area contributed by atoms with E-state index in [1.807, 2.05) is 0 Å². The second kappa shape index (κ2) is 4.65. The quantitative estimate of drug-likeness (QED) is 0.731.